The summed E-state index contributed by atoms with van der Waals surface area (Å²) in [6, 6.07) is 0. The van der Waals surface area contributed by atoms with E-state index in [4.69, 9.17) is 11.6 Å². The maximum Gasteiger partial charge on any atom is 0.243 e. The molecule has 1 aromatic rings. The number of halogens is 2. The van der Waals surface area contributed by atoms with Gasteiger partial charge in [0.1, 0.15) is 0 Å². The highest BCUT2D eigenvalue weighted by Gasteiger charge is 2.33. The van der Waals surface area contributed by atoms with Crippen LogP contribution in [0.15, 0.2) is 0 Å². The summed E-state index contributed by atoms with van der Waals surface area (Å²) in [6.07, 6.45) is 4.92. The van der Waals surface area contributed by atoms with Gasteiger partial charge in [-0.15, -0.1) is 0 Å². The molecule has 0 unspecified atom stereocenters. The monoisotopic (exact) mass is 472 g/mol. The molecule has 3 atom stereocenters. The smallest absolute Gasteiger partial charge is 0.243 e. The molecule has 10 nitrogen and oxygen atoms in total. The molecule has 1 aliphatic carbocycles. The van der Waals surface area contributed by atoms with Crippen LogP contribution >= 0.6 is 11.6 Å². The molecule has 2 aliphatic rings. The van der Waals surface area contributed by atoms with Crippen molar-refractivity contribution < 1.29 is 24.3 Å². The fraction of sp³-hybridized carbons (Fsp3) is 0.700. The summed E-state index contributed by atoms with van der Waals surface area (Å²) < 4.78 is 15.1. The van der Waals surface area contributed by atoms with E-state index in [1.54, 1.807) is 4.90 Å². The first-order chi connectivity index (χ1) is 15.3. The van der Waals surface area contributed by atoms with Crippen LogP contribution in [0.1, 0.15) is 39.0 Å². The van der Waals surface area contributed by atoms with Gasteiger partial charge < -0.3 is 10.0 Å². The highest BCUT2D eigenvalue weighted by molar-refractivity contribution is 6.28. The number of hydrazine groups is 1. The SMILES string of the molecule is C[C@H]1CN(c2nc(Cl)nc(NNC(=O)[C@H](CC3CCCC3)CN(O)C=O)c2F)C[C@@H]1CO. The summed E-state index contributed by atoms with van der Waals surface area (Å²) in [7, 11) is 0. The lowest BCUT2D eigenvalue weighted by Crippen LogP contribution is -2.41. The number of anilines is 2. The number of hydroxylamine groups is 2. The second-order valence-electron chi connectivity index (χ2n) is 8.73. The molecular formula is C20H30ClFN6O4. The Morgan fingerprint density at radius 1 is 1.38 bits per heavy atom. The molecule has 4 N–H and O–H groups in total. The number of carbonyl (C=O) groups is 2. The Kier molecular flexibility index (Phi) is 8.44. The van der Waals surface area contributed by atoms with Gasteiger partial charge in [-0.1, -0.05) is 32.6 Å². The predicted molar refractivity (Wildman–Crippen MR) is 115 cm³/mol. The Hall–Kier alpha value is -2.24. The zero-order chi connectivity index (χ0) is 23.3. The second kappa shape index (κ2) is 11.1. The Labute approximate surface area is 191 Å². The molecule has 178 valence electrons. The molecule has 2 amide bonds. The van der Waals surface area contributed by atoms with Gasteiger partial charge >= 0.3 is 0 Å². The van der Waals surface area contributed by atoms with E-state index in [2.05, 4.69) is 20.8 Å². The molecule has 32 heavy (non-hydrogen) atoms. The first kappa shape index (κ1) is 24.4. The number of aromatic nitrogens is 2. The Morgan fingerprint density at radius 2 is 2.09 bits per heavy atom. The summed E-state index contributed by atoms with van der Waals surface area (Å²) in [4.78, 5) is 33.1. The number of nitrogens with zero attached hydrogens (tertiary/aromatic N) is 4. The van der Waals surface area contributed by atoms with E-state index in [-0.39, 0.29) is 48.3 Å². The van der Waals surface area contributed by atoms with Crippen LogP contribution in [0.5, 0.6) is 0 Å². The Bertz CT molecular complexity index is 813. The third kappa shape index (κ3) is 5.96. The van der Waals surface area contributed by atoms with E-state index >= 15 is 4.39 Å². The largest absolute Gasteiger partial charge is 0.396 e. The molecule has 1 aliphatic heterocycles. The lowest BCUT2D eigenvalue weighted by Gasteiger charge is -2.23. The quantitative estimate of drug-likeness (QED) is 0.175. The molecule has 1 aromatic heterocycles. The highest BCUT2D eigenvalue weighted by Crippen LogP contribution is 2.32. The summed E-state index contributed by atoms with van der Waals surface area (Å²) in [6.45, 7) is 2.72. The number of amides is 2. The van der Waals surface area contributed by atoms with Crippen molar-refractivity contribution in [2.75, 3.05) is 36.6 Å². The Morgan fingerprint density at radius 3 is 2.72 bits per heavy atom. The van der Waals surface area contributed by atoms with E-state index in [9.17, 15) is 19.9 Å². The minimum atomic E-state index is -0.774. The van der Waals surface area contributed by atoms with Crippen molar-refractivity contribution >= 4 is 35.6 Å². The van der Waals surface area contributed by atoms with E-state index in [1.807, 2.05) is 6.92 Å². The lowest BCUT2D eigenvalue weighted by molar-refractivity contribution is -0.154. The second-order valence-corrected chi connectivity index (χ2v) is 9.07. The number of aliphatic hydroxyl groups is 1. The van der Waals surface area contributed by atoms with Gasteiger partial charge in [0.15, 0.2) is 11.6 Å². The van der Waals surface area contributed by atoms with Crippen LogP contribution in [0, 0.1) is 29.5 Å². The van der Waals surface area contributed by atoms with Crippen molar-refractivity contribution in [2.45, 2.75) is 39.0 Å². The van der Waals surface area contributed by atoms with E-state index in [1.165, 1.54) is 0 Å². The number of carbonyl (C=O) groups excluding carboxylic acids is 2. The molecule has 2 heterocycles. The van der Waals surface area contributed by atoms with Crippen molar-refractivity contribution in [1.29, 1.82) is 0 Å². The van der Waals surface area contributed by atoms with Gasteiger partial charge in [-0.2, -0.15) is 14.4 Å². The van der Waals surface area contributed by atoms with Crippen molar-refractivity contribution in [2.24, 2.45) is 23.7 Å². The van der Waals surface area contributed by atoms with Crippen molar-refractivity contribution in [1.82, 2.24) is 20.5 Å². The van der Waals surface area contributed by atoms with Crippen LogP contribution in [0.3, 0.4) is 0 Å². The number of hydrogen-bond donors (Lipinski definition) is 4. The first-order valence-electron chi connectivity index (χ1n) is 10.9. The van der Waals surface area contributed by atoms with Gasteiger partial charge in [-0.3, -0.25) is 25.6 Å². The van der Waals surface area contributed by atoms with Gasteiger partial charge in [0, 0.05) is 25.6 Å². The molecule has 3 rings (SSSR count). The number of rotatable bonds is 10. The van der Waals surface area contributed by atoms with Crippen LogP contribution in [0.4, 0.5) is 16.0 Å². The summed E-state index contributed by atoms with van der Waals surface area (Å²) in [5.41, 5.74) is 4.90. The number of aliphatic hydroxyl groups excluding tert-OH is 1. The van der Waals surface area contributed by atoms with E-state index in [0.717, 1.165) is 25.7 Å². The number of nitrogens with one attached hydrogen (secondary N) is 2. The maximum atomic E-state index is 15.1. The standard InChI is InChI=1S/C20H30ClFN6O4/c1-12-7-27(8-15(12)10-29)18-16(22)17(23-20(21)24-18)25-26-19(31)14(9-28(32)11-30)6-13-4-2-3-5-13/h11-15,29,32H,2-10H2,1H3,(H,26,31)(H,23,24,25)/t12-,14+,15+/m0/s1. The van der Waals surface area contributed by atoms with Crippen LogP contribution < -0.4 is 15.8 Å². The van der Waals surface area contributed by atoms with Gasteiger partial charge in [0.2, 0.25) is 23.4 Å². The molecule has 0 spiro atoms. The fourth-order valence-electron chi connectivity index (χ4n) is 4.55. The summed E-state index contributed by atoms with van der Waals surface area (Å²) in [5.74, 6) is -1.76. The van der Waals surface area contributed by atoms with Crippen LogP contribution in [-0.4, -0.2) is 63.9 Å². The summed E-state index contributed by atoms with van der Waals surface area (Å²) in [5, 5.41) is 19.3. The topological polar surface area (TPSA) is 131 Å². The third-order valence-electron chi connectivity index (χ3n) is 6.41. The predicted octanol–water partition coefficient (Wildman–Crippen LogP) is 1.82. The molecule has 1 saturated heterocycles. The first-order valence-corrected chi connectivity index (χ1v) is 11.3. The van der Waals surface area contributed by atoms with Crippen LogP contribution in [0.2, 0.25) is 5.28 Å². The maximum absolute atomic E-state index is 15.1. The molecular weight excluding hydrogens is 443 g/mol. The highest BCUT2D eigenvalue weighted by atomic mass is 35.5. The average molecular weight is 473 g/mol. The summed E-state index contributed by atoms with van der Waals surface area (Å²) >= 11 is 5.99. The lowest BCUT2D eigenvalue weighted by atomic mass is 9.92. The third-order valence-corrected chi connectivity index (χ3v) is 6.57. The minimum absolute atomic E-state index is 0.00477. The molecule has 1 saturated carbocycles. The van der Waals surface area contributed by atoms with Crippen LogP contribution in [-0.2, 0) is 9.59 Å². The Balaban J connectivity index is 1.69. The fourth-order valence-corrected chi connectivity index (χ4v) is 4.72. The molecule has 0 bridgehead atoms. The van der Waals surface area contributed by atoms with Gasteiger partial charge in [0.05, 0.1) is 12.5 Å². The van der Waals surface area contributed by atoms with Crippen molar-refractivity contribution in [3.8, 4) is 0 Å². The zero-order valence-electron chi connectivity index (χ0n) is 18.0. The molecule has 12 heteroatoms. The van der Waals surface area contributed by atoms with Crippen LogP contribution in [0.25, 0.3) is 0 Å². The molecule has 2 fully saturated rings. The number of hydrogen-bond acceptors (Lipinski definition) is 8. The van der Waals surface area contributed by atoms with Gasteiger partial charge in [-0.05, 0) is 29.9 Å². The van der Waals surface area contributed by atoms with Crippen molar-refractivity contribution in [3.63, 3.8) is 0 Å². The van der Waals surface area contributed by atoms with Gasteiger partial charge in [-0.25, -0.2) is 5.06 Å². The zero-order valence-corrected chi connectivity index (χ0v) is 18.8. The normalized spacial score (nSPS) is 22.1. The van der Waals surface area contributed by atoms with Gasteiger partial charge in [0.25, 0.3) is 0 Å². The average Bonchev–Trinajstić information content (AvgIpc) is 3.42. The van der Waals surface area contributed by atoms with E-state index in [0.29, 0.717) is 30.5 Å². The van der Waals surface area contributed by atoms with Crippen molar-refractivity contribution in [3.05, 3.63) is 11.1 Å². The van der Waals surface area contributed by atoms with E-state index < -0.39 is 17.6 Å². The molecule has 0 radical (unpaired) electrons. The molecule has 0 aromatic carbocycles. The minimum Gasteiger partial charge on any atom is -0.396 e.